The molecule has 0 bridgehead atoms. The van der Waals surface area contributed by atoms with Gasteiger partial charge in [0, 0.05) is 6.54 Å². The van der Waals surface area contributed by atoms with Crippen molar-refractivity contribution in [1.29, 1.82) is 0 Å². The number of hydrogen-bond donors (Lipinski definition) is 9. The number of nitrogens with one attached hydrogen (secondary N) is 1. The third-order valence-electron chi connectivity index (χ3n) is 3.35. The molecule has 0 aliphatic carbocycles. The van der Waals surface area contributed by atoms with Crippen LogP contribution in [0.25, 0.3) is 0 Å². The molecule has 29 heavy (non-hydrogen) atoms. The molecule has 1 fully saturated rings. The Morgan fingerprint density at radius 2 is 1.55 bits per heavy atom. The monoisotopic (exact) mass is 422 g/mol. The Hall–Kier alpha value is -2.97. The molecule has 0 aromatic heterocycles. The molecule has 1 aliphatic heterocycles. The molecule has 168 valence electrons. The normalized spacial score (nSPS) is 16.7. The summed E-state index contributed by atoms with van der Waals surface area (Å²) < 4.78 is 0. The Morgan fingerprint density at radius 1 is 1.00 bits per heavy atom. The maximum absolute atomic E-state index is 10.2. The molecule has 14 nitrogen and oxygen atoms in total. The standard InChI is InChI=1S/C6H14N4O2.C5H9NO2.C4H7NO4/c7-4(5(11)12)2-1-3-10-6(8)9;7-5(8)4-2-1-3-6-4;5-2(4(8)9)1-3(6)7/h4H,1-3,7H2,(H,11,12)(H4,8,9,10);4,6H,1-3H2,(H,7,8);2H,1,5H2,(H,6,7)(H,8,9)/t2*4-;2-/m000/s1. The summed E-state index contributed by atoms with van der Waals surface area (Å²) in [6.07, 6.45) is 2.21. The van der Waals surface area contributed by atoms with Crippen molar-refractivity contribution in [2.24, 2.45) is 27.9 Å². The van der Waals surface area contributed by atoms with Crippen molar-refractivity contribution in [3.05, 3.63) is 0 Å². The summed E-state index contributed by atoms with van der Waals surface area (Å²) in [5.74, 6) is -4.21. The highest BCUT2D eigenvalue weighted by atomic mass is 16.4. The summed E-state index contributed by atoms with van der Waals surface area (Å²) in [6.45, 7) is 1.28. The van der Waals surface area contributed by atoms with Crippen molar-refractivity contribution < 1.29 is 39.6 Å². The zero-order valence-corrected chi connectivity index (χ0v) is 15.9. The van der Waals surface area contributed by atoms with Gasteiger partial charge >= 0.3 is 23.9 Å². The van der Waals surface area contributed by atoms with Gasteiger partial charge in [-0.2, -0.15) is 0 Å². The van der Waals surface area contributed by atoms with Gasteiger partial charge in [0.1, 0.15) is 18.1 Å². The van der Waals surface area contributed by atoms with E-state index >= 15 is 0 Å². The number of nitrogens with two attached hydrogens (primary N) is 4. The fourth-order valence-corrected chi connectivity index (χ4v) is 1.81. The van der Waals surface area contributed by atoms with E-state index in [0.717, 1.165) is 19.4 Å². The fourth-order valence-electron chi connectivity index (χ4n) is 1.81. The van der Waals surface area contributed by atoms with Crippen LogP contribution in [0.1, 0.15) is 32.1 Å². The maximum Gasteiger partial charge on any atom is 0.321 e. The van der Waals surface area contributed by atoms with Gasteiger partial charge in [0.2, 0.25) is 0 Å². The molecule has 1 aliphatic rings. The first-order valence-corrected chi connectivity index (χ1v) is 8.58. The van der Waals surface area contributed by atoms with E-state index in [1.807, 2.05) is 0 Å². The van der Waals surface area contributed by atoms with Crippen molar-refractivity contribution in [2.45, 2.75) is 50.2 Å². The molecule has 1 saturated heterocycles. The highest BCUT2D eigenvalue weighted by molar-refractivity contribution is 5.80. The highest BCUT2D eigenvalue weighted by Crippen LogP contribution is 2.03. The van der Waals surface area contributed by atoms with Crippen LogP contribution in [0.3, 0.4) is 0 Å². The summed E-state index contributed by atoms with van der Waals surface area (Å²) in [6, 6.07) is -2.38. The van der Waals surface area contributed by atoms with Gasteiger partial charge in [-0.15, -0.1) is 0 Å². The predicted molar refractivity (Wildman–Crippen MR) is 102 cm³/mol. The SMILES string of the molecule is NC(N)=NCCC[C@H](N)C(=O)O.N[C@@H](CC(=O)O)C(=O)O.O=C(O)[C@@H]1CCCN1. The van der Waals surface area contributed by atoms with Crippen molar-refractivity contribution in [3.8, 4) is 0 Å². The molecule has 0 aromatic carbocycles. The third kappa shape index (κ3) is 18.2. The quantitative estimate of drug-likeness (QED) is 0.103. The van der Waals surface area contributed by atoms with Crippen molar-refractivity contribution >= 4 is 29.8 Å². The zero-order valence-electron chi connectivity index (χ0n) is 15.9. The Morgan fingerprint density at radius 3 is 1.83 bits per heavy atom. The zero-order chi connectivity index (χ0) is 23.0. The number of rotatable bonds is 9. The van der Waals surface area contributed by atoms with Crippen molar-refractivity contribution in [1.82, 2.24) is 5.32 Å². The number of aliphatic imine (C=N–C) groups is 1. The largest absolute Gasteiger partial charge is 0.481 e. The minimum atomic E-state index is -1.29. The van der Waals surface area contributed by atoms with E-state index in [-0.39, 0.29) is 12.0 Å². The van der Waals surface area contributed by atoms with Crippen LogP contribution in [0, 0.1) is 0 Å². The lowest BCUT2D eigenvalue weighted by molar-refractivity contribution is -0.144. The average Bonchev–Trinajstić information content (AvgIpc) is 3.13. The number of nitrogens with zero attached hydrogens (tertiary/aromatic N) is 1. The van der Waals surface area contributed by atoms with E-state index in [2.05, 4.69) is 10.3 Å². The Labute approximate surface area is 166 Å². The van der Waals surface area contributed by atoms with Gasteiger partial charge in [-0.05, 0) is 32.2 Å². The first-order valence-electron chi connectivity index (χ1n) is 8.58. The summed E-state index contributed by atoms with van der Waals surface area (Å²) in [7, 11) is 0. The van der Waals surface area contributed by atoms with E-state index in [9.17, 15) is 19.2 Å². The van der Waals surface area contributed by atoms with Gasteiger partial charge in [-0.3, -0.25) is 24.2 Å². The van der Waals surface area contributed by atoms with Gasteiger partial charge in [-0.25, -0.2) is 0 Å². The first-order chi connectivity index (χ1) is 13.4. The lowest BCUT2D eigenvalue weighted by atomic mass is 10.2. The molecule has 0 radical (unpaired) electrons. The topological polar surface area (TPSA) is 278 Å². The van der Waals surface area contributed by atoms with E-state index in [1.54, 1.807) is 0 Å². The van der Waals surface area contributed by atoms with Gasteiger partial charge < -0.3 is 48.7 Å². The number of guanidine groups is 1. The van der Waals surface area contributed by atoms with Crippen LogP contribution in [0.15, 0.2) is 4.99 Å². The second-order valence-corrected chi connectivity index (χ2v) is 5.92. The number of carboxylic acids is 4. The summed E-state index contributed by atoms with van der Waals surface area (Å²) in [5.41, 5.74) is 20.2. The van der Waals surface area contributed by atoms with Gasteiger partial charge in [0.15, 0.2) is 5.96 Å². The molecule has 1 rings (SSSR count). The lowest BCUT2D eigenvalue weighted by Crippen LogP contribution is -2.32. The molecule has 0 aromatic rings. The molecule has 0 spiro atoms. The first kappa shape index (κ1) is 28.2. The van der Waals surface area contributed by atoms with Crippen LogP contribution >= 0.6 is 0 Å². The predicted octanol–water partition coefficient (Wildman–Crippen LogP) is -2.85. The van der Waals surface area contributed by atoms with Gasteiger partial charge in [0.25, 0.3) is 0 Å². The van der Waals surface area contributed by atoms with Crippen LogP contribution in [0.5, 0.6) is 0 Å². The van der Waals surface area contributed by atoms with Gasteiger partial charge in [0.05, 0.1) is 6.42 Å². The van der Waals surface area contributed by atoms with Crippen LogP contribution in [-0.2, 0) is 19.2 Å². The van der Waals surface area contributed by atoms with Crippen LogP contribution in [-0.4, -0.2) is 81.5 Å². The highest BCUT2D eigenvalue weighted by Gasteiger charge is 2.20. The molecule has 3 atom stereocenters. The molecule has 14 heteroatoms. The summed E-state index contributed by atoms with van der Waals surface area (Å²) in [4.78, 5) is 43.7. The molecule has 0 saturated carbocycles. The summed E-state index contributed by atoms with van der Waals surface area (Å²) >= 11 is 0. The molecule has 0 amide bonds. The van der Waals surface area contributed by atoms with E-state index in [0.29, 0.717) is 19.4 Å². The minimum absolute atomic E-state index is 0.0129. The second kappa shape index (κ2) is 16.0. The van der Waals surface area contributed by atoms with Crippen LogP contribution in [0.2, 0.25) is 0 Å². The van der Waals surface area contributed by atoms with E-state index in [1.165, 1.54) is 0 Å². The number of aliphatic carboxylic acids is 4. The molecular formula is C15H30N6O8. The minimum Gasteiger partial charge on any atom is -0.481 e. The summed E-state index contributed by atoms with van der Waals surface area (Å²) in [5, 5.41) is 35.6. The maximum atomic E-state index is 10.2. The average molecular weight is 422 g/mol. The number of hydrogen-bond acceptors (Lipinski definition) is 8. The third-order valence-corrected chi connectivity index (χ3v) is 3.35. The molecule has 13 N–H and O–H groups in total. The van der Waals surface area contributed by atoms with Crippen molar-refractivity contribution in [3.63, 3.8) is 0 Å². The van der Waals surface area contributed by atoms with Crippen molar-refractivity contribution in [2.75, 3.05) is 13.1 Å². The second-order valence-electron chi connectivity index (χ2n) is 5.92. The Bertz CT molecular complexity index is 561. The van der Waals surface area contributed by atoms with Gasteiger partial charge in [-0.1, -0.05) is 0 Å². The lowest BCUT2D eigenvalue weighted by Gasteiger charge is -2.03. The molecular weight excluding hydrogens is 392 g/mol. The molecule has 0 unspecified atom stereocenters. The number of carboxylic acid groups (broad SMARTS) is 4. The van der Waals surface area contributed by atoms with E-state index < -0.39 is 42.4 Å². The van der Waals surface area contributed by atoms with Crippen LogP contribution in [0.4, 0.5) is 0 Å². The Kier molecular flexibility index (Phi) is 15.6. The number of carbonyl (C=O) groups is 4. The Balaban J connectivity index is 0. The molecule has 1 heterocycles. The smallest absolute Gasteiger partial charge is 0.321 e. The van der Waals surface area contributed by atoms with Crippen LogP contribution < -0.4 is 28.3 Å². The van der Waals surface area contributed by atoms with E-state index in [4.69, 9.17) is 43.4 Å². The fraction of sp³-hybridized carbons (Fsp3) is 0.667.